The number of nitrogens with zero attached hydrogens (tertiary/aromatic N) is 1. The van der Waals surface area contributed by atoms with Crippen molar-refractivity contribution < 1.29 is 9.53 Å². The number of pyridine rings is 1. The number of benzene rings is 1. The monoisotopic (exact) mass is 301 g/mol. The first kappa shape index (κ1) is 13.8. The van der Waals surface area contributed by atoms with Crippen LogP contribution in [0.4, 0.5) is 5.69 Å². The van der Waals surface area contributed by atoms with Crippen LogP contribution in [-0.4, -0.2) is 31.2 Å². The minimum Gasteiger partial charge on any atom is -0.465 e. The molecule has 3 aromatic rings. The van der Waals surface area contributed by atoms with E-state index in [0.29, 0.717) is 18.0 Å². The van der Waals surface area contributed by atoms with Crippen LogP contribution in [0.15, 0.2) is 30.5 Å². The SMILES string of the molecule is COC(=O)c1sc2ccc3ncccc3c2c1NCCN. The highest BCUT2D eigenvalue weighted by Gasteiger charge is 2.20. The number of carbonyl (C=O) groups excluding carboxylic acids is 1. The molecule has 2 heterocycles. The maximum atomic E-state index is 12.0. The summed E-state index contributed by atoms with van der Waals surface area (Å²) in [5.74, 6) is -0.340. The molecule has 6 heteroatoms. The van der Waals surface area contributed by atoms with Crippen molar-refractivity contribution in [2.45, 2.75) is 0 Å². The molecule has 0 aliphatic heterocycles. The average Bonchev–Trinajstić information content (AvgIpc) is 2.91. The summed E-state index contributed by atoms with van der Waals surface area (Å²) in [5.41, 5.74) is 7.25. The summed E-state index contributed by atoms with van der Waals surface area (Å²) in [4.78, 5) is 16.9. The van der Waals surface area contributed by atoms with E-state index in [1.54, 1.807) is 6.20 Å². The maximum absolute atomic E-state index is 12.0. The zero-order chi connectivity index (χ0) is 14.8. The predicted octanol–water partition coefficient (Wildman–Crippen LogP) is 2.61. The smallest absolute Gasteiger partial charge is 0.350 e. The molecule has 3 rings (SSSR count). The number of aromatic nitrogens is 1. The Labute approximate surface area is 125 Å². The third kappa shape index (κ3) is 2.32. The van der Waals surface area contributed by atoms with Gasteiger partial charge in [0, 0.05) is 34.8 Å². The van der Waals surface area contributed by atoms with Gasteiger partial charge >= 0.3 is 5.97 Å². The van der Waals surface area contributed by atoms with Crippen LogP contribution >= 0.6 is 11.3 Å². The fourth-order valence-electron chi connectivity index (χ4n) is 2.35. The van der Waals surface area contributed by atoms with Gasteiger partial charge in [0.2, 0.25) is 0 Å². The number of hydrogen-bond donors (Lipinski definition) is 2. The zero-order valence-electron chi connectivity index (χ0n) is 11.6. The molecule has 0 spiro atoms. The minimum absolute atomic E-state index is 0.340. The fourth-order valence-corrected chi connectivity index (χ4v) is 3.47. The summed E-state index contributed by atoms with van der Waals surface area (Å²) >= 11 is 1.42. The average molecular weight is 301 g/mol. The second kappa shape index (κ2) is 5.67. The first-order valence-corrected chi connectivity index (χ1v) is 7.40. The van der Waals surface area contributed by atoms with Gasteiger partial charge in [0.05, 0.1) is 18.3 Å². The molecule has 0 fully saturated rings. The Morgan fingerprint density at radius 1 is 1.43 bits per heavy atom. The van der Waals surface area contributed by atoms with Crippen molar-refractivity contribution in [1.82, 2.24) is 4.98 Å². The van der Waals surface area contributed by atoms with E-state index >= 15 is 0 Å². The van der Waals surface area contributed by atoms with Gasteiger partial charge in [-0.2, -0.15) is 0 Å². The Balaban J connectivity index is 2.33. The maximum Gasteiger partial charge on any atom is 0.350 e. The summed E-state index contributed by atoms with van der Waals surface area (Å²) in [5, 5.41) is 5.26. The third-order valence-electron chi connectivity index (χ3n) is 3.25. The van der Waals surface area contributed by atoms with E-state index in [2.05, 4.69) is 10.3 Å². The van der Waals surface area contributed by atoms with Crippen LogP contribution in [0.1, 0.15) is 9.67 Å². The van der Waals surface area contributed by atoms with Crippen molar-refractivity contribution in [3.8, 4) is 0 Å². The van der Waals surface area contributed by atoms with Crippen molar-refractivity contribution in [1.29, 1.82) is 0 Å². The van der Waals surface area contributed by atoms with Crippen LogP contribution in [0.5, 0.6) is 0 Å². The number of thiophene rings is 1. The molecule has 0 bridgehead atoms. The summed E-state index contributed by atoms with van der Waals surface area (Å²) in [6, 6.07) is 7.84. The summed E-state index contributed by atoms with van der Waals surface area (Å²) in [7, 11) is 1.39. The number of esters is 1. The molecule has 0 unspecified atom stereocenters. The van der Waals surface area contributed by atoms with Crippen molar-refractivity contribution in [2.24, 2.45) is 5.73 Å². The highest BCUT2D eigenvalue weighted by molar-refractivity contribution is 7.21. The van der Waals surface area contributed by atoms with Crippen LogP contribution < -0.4 is 11.1 Å². The third-order valence-corrected chi connectivity index (χ3v) is 4.39. The Bertz CT molecular complexity index is 813. The number of nitrogens with two attached hydrogens (primary N) is 1. The fraction of sp³-hybridized carbons (Fsp3) is 0.200. The Morgan fingerprint density at radius 3 is 3.05 bits per heavy atom. The van der Waals surface area contributed by atoms with Gasteiger partial charge in [0.15, 0.2) is 0 Å². The summed E-state index contributed by atoms with van der Waals surface area (Å²) < 4.78 is 5.91. The molecule has 0 amide bonds. The molecule has 0 saturated carbocycles. The van der Waals surface area contributed by atoms with Crippen LogP contribution in [0, 0.1) is 0 Å². The number of rotatable bonds is 4. The number of hydrogen-bond acceptors (Lipinski definition) is 6. The molecule has 0 radical (unpaired) electrons. The van der Waals surface area contributed by atoms with Crippen molar-refractivity contribution in [3.05, 3.63) is 35.3 Å². The van der Waals surface area contributed by atoms with E-state index in [4.69, 9.17) is 10.5 Å². The lowest BCUT2D eigenvalue weighted by Gasteiger charge is -2.07. The van der Waals surface area contributed by atoms with Gasteiger partial charge in [-0.3, -0.25) is 4.98 Å². The molecule has 0 aliphatic carbocycles. The molecule has 0 saturated heterocycles. The second-order valence-corrected chi connectivity index (χ2v) is 5.57. The van der Waals surface area contributed by atoms with Gasteiger partial charge in [0.1, 0.15) is 4.88 Å². The normalized spacial score (nSPS) is 11.0. The second-order valence-electron chi connectivity index (χ2n) is 4.52. The van der Waals surface area contributed by atoms with Crippen molar-refractivity contribution in [2.75, 3.05) is 25.5 Å². The van der Waals surface area contributed by atoms with Crippen molar-refractivity contribution >= 4 is 44.0 Å². The first-order chi connectivity index (χ1) is 10.3. The van der Waals surface area contributed by atoms with Crippen LogP contribution in [0.25, 0.3) is 21.0 Å². The lowest BCUT2D eigenvalue weighted by Crippen LogP contribution is -2.14. The molecule has 5 nitrogen and oxygen atoms in total. The molecule has 0 aliphatic rings. The van der Waals surface area contributed by atoms with Crippen LogP contribution in [0.2, 0.25) is 0 Å². The highest BCUT2D eigenvalue weighted by Crippen LogP contribution is 2.40. The van der Waals surface area contributed by atoms with E-state index in [1.807, 2.05) is 24.3 Å². The minimum atomic E-state index is -0.340. The van der Waals surface area contributed by atoms with Crippen LogP contribution in [0.3, 0.4) is 0 Å². The predicted molar refractivity (Wildman–Crippen MR) is 86.0 cm³/mol. The molecule has 1 aromatic carbocycles. The Hall–Kier alpha value is -2.18. The van der Waals surface area contributed by atoms with Gasteiger partial charge in [-0.05, 0) is 18.2 Å². The molecular weight excluding hydrogens is 286 g/mol. The standard InChI is InChI=1S/C15H15N3O2S/c1-20-15(19)14-13(18-8-6-16)12-9-3-2-7-17-10(9)4-5-11(12)21-14/h2-5,7,18H,6,8,16H2,1H3. The number of anilines is 1. The van der Waals surface area contributed by atoms with Gasteiger partial charge in [0.25, 0.3) is 0 Å². The Kier molecular flexibility index (Phi) is 3.72. The topological polar surface area (TPSA) is 77.2 Å². The summed E-state index contributed by atoms with van der Waals surface area (Å²) in [6.07, 6.45) is 1.76. The first-order valence-electron chi connectivity index (χ1n) is 6.58. The molecular formula is C15H15N3O2S. The molecule has 108 valence electrons. The van der Waals surface area contributed by atoms with Gasteiger partial charge in [-0.25, -0.2) is 4.79 Å². The number of ether oxygens (including phenoxy) is 1. The summed E-state index contributed by atoms with van der Waals surface area (Å²) in [6.45, 7) is 1.08. The van der Waals surface area contributed by atoms with Crippen molar-refractivity contribution in [3.63, 3.8) is 0 Å². The lowest BCUT2D eigenvalue weighted by molar-refractivity contribution is 0.0607. The number of methoxy groups -OCH3 is 1. The van der Waals surface area contributed by atoms with Crippen LogP contribution in [-0.2, 0) is 4.74 Å². The highest BCUT2D eigenvalue weighted by atomic mass is 32.1. The van der Waals surface area contributed by atoms with E-state index in [-0.39, 0.29) is 5.97 Å². The van der Waals surface area contributed by atoms with E-state index < -0.39 is 0 Å². The van der Waals surface area contributed by atoms with E-state index in [0.717, 1.165) is 26.7 Å². The number of fused-ring (bicyclic) bond motifs is 3. The zero-order valence-corrected chi connectivity index (χ0v) is 12.4. The quantitative estimate of drug-likeness (QED) is 0.724. The number of carbonyl (C=O) groups is 1. The number of nitrogens with one attached hydrogen (secondary N) is 1. The van der Waals surface area contributed by atoms with E-state index in [9.17, 15) is 4.79 Å². The largest absolute Gasteiger partial charge is 0.465 e. The Morgan fingerprint density at radius 2 is 2.29 bits per heavy atom. The lowest BCUT2D eigenvalue weighted by atomic mass is 10.1. The molecule has 0 atom stereocenters. The van der Waals surface area contributed by atoms with Gasteiger partial charge in [-0.15, -0.1) is 11.3 Å². The molecule has 2 aromatic heterocycles. The van der Waals surface area contributed by atoms with Gasteiger partial charge < -0.3 is 15.8 Å². The van der Waals surface area contributed by atoms with Gasteiger partial charge in [-0.1, -0.05) is 6.07 Å². The molecule has 3 N–H and O–H groups in total. The molecule has 21 heavy (non-hydrogen) atoms. The van der Waals surface area contributed by atoms with E-state index in [1.165, 1.54) is 18.4 Å².